The average Bonchev–Trinajstić information content (AvgIpc) is 2.97. The molecule has 0 atom stereocenters. The van der Waals surface area contributed by atoms with Crippen molar-refractivity contribution in [2.75, 3.05) is 0 Å². The highest BCUT2D eigenvalue weighted by Crippen LogP contribution is 2.23. The summed E-state index contributed by atoms with van der Waals surface area (Å²) in [7, 11) is 0. The molecule has 0 aromatic heterocycles. The van der Waals surface area contributed by atoms with E-state index in [1.54, 1.807) is 6.07 Å². The number of rotatable bonds is 0. The van der Waals surface area contributed by atoms with Crippen molar-refractivity contribution in [3.05, 3.63) is 77.9 Å². The summed E-state index contributed by atoms with van der Waals surface area (Å²) >= 11 is 0. The summed E-state index contributed by atoms with van der Waals surface area (Å²) in [5, 5.41) is 11.4. The molecule has 0 saturated heterocycles. The van der Waals surface area contributed by atoms with E-state index < -0.39 is 0 Å². The highest BCUT2D eigenvalue weighted by molar-refractivity contribution is 5.87. The molecule has 1 aliphatic heterocycles. The van der Waals surface area contributed by atoms with E-state index in [-0.39, 0.29) is 0 Å². The van der Waals surface area contributed by atoms with Crippen LogP contribution < -0.4 is 0 Å². The number of phenols is 1. The van der Waals surface area contributed by atoms with Crippen molar-refractivity contribution in [2.24, 2.45) is 0 Å². The monoisotopic (exact) mass is 264 g/mol. The largest absolute Gasteiger partial charge is 0.507 e. The lowest BCUT2D eigenvalue weighted by Gasteiger charge is -1.97. The number of aromatic hydroxyl groups is 1. The summed E-state index contributed by atoms with van der Waals surface area (Å²) in [6.45, 7) is 1.60. The van der Waals surface area contributed by atoms with Gasteiger partial charge in [-0.1, -0.05) is 60.7 Å². The summed E-state index contributed by atoms with van der Waals surface area (Å²) in [5.74, 6) is 0.350. The van der Waals surface area contributed by atoms with Gasteiger partial charge in [-0.2, -0.15) is 0 Å². The van der Waals surface area contributed by atoms with Crippen LogP contribution in [0.2, 0.25) is 0 Å². The van der Waals surface area contributed by atoms with Gasteiger partial charge in [0.1, 0.15) is 5.75 Å². The summed E-state index contributed by atoms with van der Waals surface area (Å²) in [6.07, 6.45) is 0. The second-order valence-corrected chi connectivity index (χ2v) is 4.76. The Kier molecular flexibility index (Phi) is 3.66. The molecule has 0 unspecified atom stereocenters. The van der Waals surface area contributed by atoms with Crippen molar-refractivity contribution in [1.82, 2.24) is 0 Å². The first-order valence-corrected chi connectivity index (χ1v) is 6.66. The minimum absolute atomic E-state index is 0.350. The normalized spacial score (nSPS) is 12.6. The van der Waals surface area contributed by atoms with Crippen LogP contribution in [0.3, 0.4) is 0 Å². The number of phenolic OH excluding ortho intramolecular Hbond substituents is 1. The van der Waals surface area contributed by atoms with Gasteiger partial charge >= 0.3 is 0 Å². The fraction of sp³-hybridized carbons (Fsp3) is 0.111. The maximum absolute atomic E-state index is 9.37. The van der Waals surface area contributed by atoms with Gasteiger partial charge in [-0.05, 0) is 22.6 Å². The minimum atomic E-state index is 0.350. The highest BCUT2D eigenvalue weighted by atomic mass is 16.5. The SMILES string of the molecule is Oc1cccc2ccccc12.c1ccc2c(c1)COC2. The molecular weight excluding hydrogens is 248 g/mol. The molecule has 2 nitrogen and oxygen atoms in total. The molecule has 0 radical (unpaired) electrons. The van der Waals surface area contributed by atoms with Gasteiger partial charge in [-0.15, -0.1) is 0 Å². The van der Waals surface area contributed by atoms with E-state index >= 15 is 0 Å². The molecule has 4 rings (SSSR count). The van der Waals surface area contributed by atoms with Crippen molar-refractivity contribution < 1.29 is 9.84 Å². The Bertz CT molecular complexity index is 691. The second-order valence-electron chi connectivity index (χ2n) is 4.76. The first-order chi connectivity index (χ1) is 9.84. The maximum atomic E-state index is 9.37. The van der Waals surface area contributed by atoms with Crippen LogP contribution >= 0.6 is 0 Å². The zero-order valence-corrected chi connectivity index (χ0v) is 11.1. The number of benzene rings is 3. The molecule has 0 spiro atoms. The molecule has 0 bridgehead atoms. The molecule has 1 aliphatic rings. The van der Waals surface area contributed by atoms with E-state index in [4.69, 9.17) is 4.74 Å². The van der Waals surface area contributed by atoms with Gasteiger partial charge in [0.05, 0.1) is 13.2 Å². The Hall–Kier alpha value is -2.32. The standard InChI is InChI=1S/C10H8O.C8H8O/c11-10-7-3-5-8-4-1-2-6-9(8)10;1-2-4-8-6-9-5-7(8)3-1/h1-7,11H;1-4H,5-6H2. The molecular formula is C18H16O2. The molecule has 0 amide bonds. The molecule has 20 heavy (non-hydrogen) atoms. The first kappa shape index (κ1) is 12.7. The van der Waals surface area contributed by atoms with Gasteiger partial charge in [0.15, 0.2) is 0 Å². The number of hydrogen-bond acceptors (Lipinski definition) is 2. The Balaban J connectivity index is 0.000000123. The summed E-state index contributed by atoms with van der Waals surface area (Å²) in [4.78, 5) is 0. The van der Waals surface area contributed by atoms with Crippen molar-refractivity contribution in [1.29, 1.82) is 0 Å². The quantitative estimate of drug-likeness (QED) is 0.657. The van der Waals surface area contributed by atoms with Gasteiger partial charge in [-0.3, -0.25) is 0 Å². The lowest BCUT2D eigenvalue weighted by Crippen LogP contribution is -1.77. The number of ether oxygens (including phenoxy) is 1. The van der Waals surface area contributed by atoms with E-state index in [1.807, 2.05) is 48.5 Å². The van der Waals surface area contributed by atoms with E-state index in [2.05, 4.69) is 12.1 Å². The molecule has 0 fully saturated rings. The van der Waals surface area contributed by atoms with Gasteiger partial charge < -0.3 is 9.84 Å². The van der Waals surface area contributed by atoms with Crippen molar-refractivity contribution >= 4 is 10.8 Å². The molecule has 3 aromatic carbocycles. The minimum Gasteiger partial charge on any atom is -0.507 e. The third-order valence-corrected chi connectivity index (χ3v) is 3.40. The molecule has 100 valence electrons. The van der Waals surface area contributed by atoms with Crippen LogP contribution in [0.1, 0.15) is 11.1 Å². The van der Waals surface area contributed by atoms with Crippen molar-refractivity contribution in [2.45, 2.75) is 13.2 Å². The van der Waals surface area contributed by atoms with Crippen LogP contribution in [0.15, 0.2) is 66.7 Å². The van der Waals surface area contributed by atoms with E-state index in [9.17, 15) is 5.11 Å². The average molecular weight is 264 g/mol. The van der Waals surface area contributed by atoms with E-state index in [1.165, 1.54) is 11.1 Å². The highest BCUT2D eigenvalue weighted by Gasteiger charge is 2.07. The van der Waals surface area contributed by atoms with Gasteiger partial charge in [0.25, 0.3) is 0 Å². The Morgan fingerprint density at radius 1 is 0.700 bits per heavy atom. The predicted molar refractivity (Wildman–Crippen MR) is 80.5 cm³/mol. The maximum Gasteiger partial charge on any atom is 0.123 e. The lowest BCUT2D eigenvalue weighted by molar-refractivity contribution is 0.134. The van der Waals surface area contributed by atoms with Gasteiger partial charge in [-0.25, -0.2) is 0 Å². The smallest absolute Gasteiger partial charge is 0.123 e. The van der Waals surface area contributed by atoms with Crippen molar-refractivity contribution in [3.63, 3.8) is 0 Å². The van der Waals surface area contributed by atoms with Gasteiger partial charge in [0, 0.05) is 5.39 Å². The second kappa shape index (κ2) is 5.76. The Morgan fingerprint density at radius 3 is 2.00 bits per heavy atom. The molecule has 1 heterocycles. The summed E-state index contributed by atoms with van der Waals surface area (Å²) in [5.41, 5.74) is 2.69. The van der Waals surface area contributed by atoms with Crippen LogP contribution in [0.4, 0.5) is 0 Å². The Morgan fingerprint density at radius 2 is 1.30 bits per heavy atom. The molecule has 3 aromatic rings. The van der Waals surface area contributed by atoms with Crippen LogP contribution in [-0.2, 0) is 18.0 Å². The molecule has 0 aliphatic carbocycles. The topological polar surface area (TPSA) is 29.5 Å². The fourth-order valence-electron chi connectivity index (χ4n) is 2.32. The fourth-order valence-corrected chi connectivity index (χ4v) is 2.32. The third kappa shape index (κ3) is 2.65. The summed E-state index contributed by atoms with van der Waals surface area (Å²) in [6, 6.07) is 21.6. The van der Waals surface area contributed by atoms with Crippen LogP contribution in [0.5, 0.6) is 5.75 Å². The molecule has 2 heteroatoms. The number of hydrogen-bond donors (Lipinski definition) is 1. The van der Waals surface area contributed by atoms with E-state index in [0.717, 1.165) is 24.0 Å². The molecule has 1 N–H and O–H groups in total. The lowest BCUT2D eigenvalue weighted by atomic mass is 10.1. The summed E-state index contributed by atoms with van der Waals surface area (Å²) < 4.78 is 5.21. The third-order valence-electron chi connectivity index (χ3n) is 3.40. The van der Waals surface area contributed by atoms with Crippen LogP contribution in [0.25, 0.3) is 10.8 Å². The van der Waals surface area contributed by atoms with Gasteiger partial charge in [0.2, 0.25) is 0 Å². The number of fused-ring (bicyclic) bond motifs is 2. The van der Waals surface area contributed by atoms with Crippen LogP contribution in [0, 0.1) is 0 Å². The zero-order valence-electron chi connectivity index (χ0n) is 11.1. The van der Waals surface area contributed by atoms with E-state index in [0.29, 0.717) is 5.75 Å². The first-order valence-electron chi connectivity index (χ1n) is 6.66. The van der Waals surface area contributed by atoms with Crippen LogP contribution in [-0.4, -0.2) is 5.11 Å². The Labute approximate surface area is 118 Å². The predicted octanol–water partition coefficient (Wildman–Crippen LogP) is 4.26. The molecule has 0 saturated carbocycles. The van der Waals surface area contributed by atoms with Crippen molar-refractivity contribution in [3.8, 4) is 5.75 Å². The zero-order chi connectivity index (χ0) is 13.8.